The van der Waals surface area contributed by atoms with Crippen molar-refractivity contribution >= 4 is 65.0 Å². The molecular formula is C47H46N2S2. The number of benzene rings is 7. The van der Waals surface area contributed by atoms with Crippen LogP contribution in [0.2, 0.25) is 0 Å². The fourth-order valence-corrected chi connectivity index (χ4v) is 17.9. The van der Waals surface area contributed by atoms with E-state index < -0.39 is 20.1 Å². The highest BCUT2D eigenvalue weighted by molar-refractivity contribution is 8.48. The Balaban J connectivity index is 1.47. The van der Waals surface area contributed by atoms with Gasteiger partial charge in [0.05, 0.1) is 9.77 Å². The van der Waals surface area contributed by atoms with Crippen LogP contribution in [0.15, 0.2) is 170 Å². The van der Waals surface area contributed by atoms with E-state index in [0.29, 0.717) is 0 Å². The third-order valence-corrected chi connectivity index (χ3v) is 17.6. The van der Waals surface area contributed by atoms with Crippen LogP contribution in [-0.4, -0.2) is 37.5 Å². The largest absolute Gasteiger partial charge is 0.310 e. The van der Waals surface area contributed by atoms with Gasteiger partial charge in [0.25, 0.3) is 0 Å². The Labute approximate surface area is 307 Å². The zero-order valence-electron chi connectivity index (χ0n) is 30.4. The first kappa shape index (κ1) is 33.3. The van der Waals surface area contributed by atoms with Crippen LogP contribution in [0, 0.1) is 0 Å². The molecule has 0 saturated heterocycles. The highest BCUT2D eigenvalue weighted by Gasteiger charge is 2.55. The number of nitrogens with zero attached hydrogens (tertiary/aromatic N) is 2. The van der Waals surface area contributed by atoms with Gasteiger partial charge < -0.3 is 9.80 Å². The van der Waals surface area contributed by atoms with E-state index in [1.54, 1.807) is 0 Å². The van der Waals surface area contributed by atoms with Crippen molar-refractivity contribution in [2.45, 2.75) is 4.08 Å². The molecule has 4 heteroatoms. The second-order valence-corrected chi connectivity index (χ2v) is 23.7. The number of hydrogen-bond donors (Lipinski definition) is 0. The van der Waals surface area contributed by atoms with Crippen LogP contribution in [0.1, 0.15) is 11.1 Å². The zero-order valence-corrected chi connectivity index (χ0v) is 32.0. The van der Waals surface area contributed by atoms with Crippen LogP contribution in [0.3, 0.4) is 0 Å². The molecule has 8 rings (SSSR count). The van der Waals surface area contributed by atoms with Crippen molar-refractivity contribution in [2.75, 3.05) is 47.3 Å². The predicted molar refractivity (Wildman–Crippen MR) is 230 cm³/mol. The molecular weight excluding hydrogens is 657 g/mol. The van der Waals surface area contributed by atoms with E-state index in [2.05, 4.69) is 217 Å². The van der Waals surface area contributed by atoms with Crippen molar-refractivity contribution in [2.24, 2.45) is 0 Å². The van der Waals surface area contributed by atoms with Crippen LogP contribution < -0.4 is 9.80 Å². The summed E-state index contributed by atoms with van der Waals surface area (Å²) in [6.07, 6.45) is 15.3. The molecule has 0 fully saturated rings. The molecule has 0 unspecified atom stereocenters. The molecule has 2 nitrogen and oxygen atoms in total. The van der Waals surface area contributed by atoms with Crippen molar-refractivity contribution in [3.05, 3.63) is 181 Å². The molecule has 51 heavy (non-hydrogen) atoms. The minimum atomic E-state index is -1.26. The third kappa shape index (κ3) is 5.35. The third-order valence-electron chi connectivity index (χ3n) is 10.3. The van der Waals surface area contributed by atoms with Gasteiger partial charge in [-0.3, -0.25) is 0 Å². The van der Waals surface area contributed by atoms with E-state index >= 15 is 0 Å². The maximum atomic E-state index is 2.58. The van der Waals surface area contributed by atoms with Crippen molar-refractivity contribution < 1.29 is 0 Å². The Hall–Kier alpha value is -4.90. The molecule has 0 aliphatic heterocycles. The first-order valence-corrected chi connectivity index (χ1v) is 23.2. The average Bonchev–Trinajstić information content (AvgIpc) is 3.45. The maximum Gasteiger partial charge on any atom is 0.0813 e. The smallest absolute Gasteiger partial charge is 0.0813 e. The van der Waals surface area contributed by atoms with Gasteiger partial charge in [0.1, 0.15) is 0 Å². The van der Waals surface area contributed by atoms with E-state index in [0.717, 1.165) is 22.7 Å². The topological polar surface area (TPSA) is 6.48 Å². The maximum absolute atomic E-state index is 2.58. The van der Waals surface area contributed by atoms with Gasteiger partial charge in [-0.15, -0.1) is 0 Å². The highest BCUT2D eigenvalue weighted by atomic mass is 32.3. The lowest BCUT2D eigenvalue weighted by Gasteiger charge is -2.58. The van der Waals surface area contributed by atoms with Crippen molar-refractivity contribution in [1.82, 2.24) is 0 Å². The molecule has 0 aromatic heterocycles. The van der Waals surface area contributed by atoms with Gasteiger partial charge in [-0.2, -0.15) is 0 Å². The zero-order chi connectivity index (χ0) is 35.4. The standard InChI is InChI=1S/C47H46N2S2/c1-50(2,3)47(51(4,5)6)43-33-39(48(35-21-11-7-12-22-35)36-23-13-8-14-24-36)31-32-42(43)46-41-30-20-19-29-40(41)45(34-44(46)47)49(37-25-15-9-16-26-37)38-27-17-10-18-28-38/h7-34H,1-6H3. The van der Waals surface area contributed by atoms with E-state index in [-0.39, 0.29) is 4.08 Å². The molecule has 0 atom stereocenters. The number of anilines is 6. The summed E-state index contributed by atoms with van der Waals surface area (Å²) in [5, 5.41) is 2.57. The monoisotopic (exact) mass is 702 g/mol. The fourth-order valence-electron chi connectivity index (χ4n) is 8.65. The summed E-state index contributed by atoms with van der Waals surface area (Å²) in [5.41, 5.74) is 12.7. The second-order valence-electron chi connectivity index (χ2n) is 14.9. The molecule has 0 amide bonds. The molecule has 0 bridgehead atoms. The highest BCUT2D eigenvalue weighted by Crippen LogP contribution is 2.80. The molecule has 0 heterocycles. The molecule has 0 spiro atoms. The van der Waals surface area contributed by atoms with Crippen molar-refractivity contribution in [3.8, 4) is 11.1 Å². The Morgan fingerprint density at radius 2 is 0.784 bits per heavy atom. The summed E-state index contributed by atoms with van der Waals surface area (Å²) in [6.45, 7) is 0. The first-order valence-electron chi connectivity index (χ1n) is 17.5. The van der Waals surface area contributed by atoms with Gasteiger partial charge in [-0.25, -0.2) is 20.1 Å². The SMILES string of the molecule is CS(C)(C)C1(S(C)(C)C)c2cc(N(c3ccccc3)c3ccccc3)ccc2-c2c1cc(N(c1ccccc1)c1ccccc1)c1ccccc21. The Morgan fingerprint density at radius 3 is 1.24 bits per heavy atom. The summed E-state index contributed by atoms with van der Waals surface area (Å²) in [7, 11) is -2.52. The molecule has 7 aromatic rings. The van der Waals surface area contributed by atoms with Crippen LogP contribution >= 0.6 is 20.1 Å². The van der Waals surface area contributed by atoms with Crippen LogP contribution in [0.5, 0.6) is 0 Å². The van der Waals surface area contributed by atoms with Crippen molar-refractivity contribution in [1.29, 1.82) is 0 Å². The summed E-state index contributed by atoms with van der Waals surface area (Å²) in [5.74, 6) is 0. The summed E-state index contributed by atoms with van der Waals surface area (Å²) < 4.78 is -0.169. The van der Waals surface area contributed by atoms with Crippen LogP contribution in [-0.2, 0) is 4.08 Å². The summed E-state index contributed by atoms with van der Waals surface area (Å²) >= 11 is 0. The first-order chi connectivity index (χ1) is 24.6. The molecule has 0 radical (unpaired) electrons. The van der Waals surface area contributed by atoms with Gasteiger partial charge in [-0.1, -0.05) is 103 Å². The van der Waals surface area contributed by atoms with Gasteiger partial charge >= 0.3 is 0 Å². The fraction of sp³-hybridized carbons (Fsp3) is 0.149. The summed E-state index contributed by atoms with van der Waals surface area (Å²) in [6, 6.07) is 62.3. The lowest BCUT2D eigenvalue weighted by atomic mass is 9.95. The van der Waals surface area contributed by atoms with Gasteiger partial charge in [0, 0.05) is 33.8 Å². The normalized spacial score (nSPS) is 14.1. The van der Waals surface area contributed by atoms with E-state index in [9.17, 15) is 0 Å². The van der Waals surface area contributed by atoms with Gasteiger partial charge in [0.2, 0.25) is 0 Å². The van der Waals surface area contributed by atoms with E-state index in [1.165, 1.54) is 44.4 Å². The Morgan fingerprint density at radius 1 is 0.373 bits per heavy atom. The van der Waals surface area contributed by atoms with Crippen molar-refractivity contribution in [3.63, 3.8) is 0 Å². The minimum Gasteiger partial charge on any atom is -0.310 e. The number of rotatable bonds is 8. The van der Waals surface area contributed by atoms with Gasteiger partial charge in [-0.05, 0) is 132 Å². The molecule has 0 N–H and O–H groups in total. The Bertz CT molecular complexity index is 2230. The predicted octanol–water partition coefficient (Wildman–Crippen LogP) is 13.3. The Kier molecular flexibility index (Phi) is 8.28. The molecule has 7 aromatic carbocycles. The van der Waals surface area contributed by atoms with Gasteiger partial charge in [0.15, 0.2) is 0 Å². The lowest BCUT2D eigenvalue weighted by molar-refractivity contribution is 1.08. The van der Waals surface area contributed by atoms with Crippen LogP contribution in [0.25, 0.3) is 21.9 Å². The number of hydrogen-bond acceptors (Lipinski definition) is 2. The molecule has 1 aliphatic carbocycles. The number of fused-ring (bicyclic) bond motifs is 5. The lowest BCUT2D eigenvalue weighted by Crippen LogP contribution is -2.36. The molecule has 0 saturated carbocycles. The van der Waals surface area contributed by atoms with E-state index in [1.807, 2.05) is 0 Å². The summed E-state index contributed by atoms with van der Waals surface area (Å²) in [4.78, 5) is 4.88. The second kappa shape index (κ2) is 12.7. The average molecular weight is 703 g/mol. The number of para-hydroxylation sites is 4. The quantitative estimate of drug-likeness (QED) is 0.156. The van der Waals surface area contributed by atoms with E-state index in [4.69, 9.17) is 0 Å². The minimum absolute atomic E-state index is 0.169. The molecule has 1 aliphatic rings. The van der Waals surface area contributed by atoms with Crippen LogP contribution in [0.4, 0.5) is 34.1 Å². The molecule has 256 valence electrons.